The lowest BCUT2D eigenvalue weighted by atomic mass is 9.88. The molecule has 1 aromatic rings. The molecule has 1 atom stereocenters. The first-order valence-electron chi connectivity index (χ1n) is 5.82. The van der Waals surface area contributed by atoms with Crippen LogP contribution in [0.5, 0.6) is 5.75 Å². The van der Waals surface area contributed by atoms with Crippen LogP contribution in [0.1, 0.15) is 30.9 Å². The summed E-state index contributed by atoms with van der Waals surface area (Å²) in [5.41, 5.74) is 8.78. The lowest BCUT2D eigenvalue weighted by Crippen LogP contribution is -2.31. The summed E-state index contributed by atoms with van der Waals surface area (Å²) in [4.78, 5) is 0. The van der Waals surface area contributed by atoms with Crippen molar-refractivity contribution in [1.29, 1.82) is 0 Å². The van der Waals surface area contributed by atoms with Gasteiger partial charge in [0.1, 0.15) is 5.75 Å². The lowest BCUT2D eigenvalue weighted by Gasteiger charge is -2.23. The van der Waals surface area contributed by atoms with E-state index in [2.05, 4.69) is 25.1 Å². The molecule has 3 nitrogen and oxygen atoms in total. The van der Waals surface area contributed by atoms with Gasteiger partial charge in [-0.1, -0.05) is 6.07 Å². The average molecular weight is 219 g/mol. The standard InChI is InChI=1S/C13H17NO2/c1-9(14)13(4-5-13)11-2-3-12-10(6-11)7-15-8-16-12/h2-3,6,9H,4-5,7-8,14H2,1H3. The lowest BCUT2D eigenvalue weighted by molar-refractivity contribution is -0.0164. The summed E-state index contributed by atoms with van der Waals surface area (Å²) in [6.45, 7) is 3.11. The number of nitrogens with two attached hydrogens (primary N) is 1. The molecule has 86 valence electrons. The van der Waals surface area contributed by atoms with Crippen LogP contribution in [0.2, 0.25) is 0 Å². The van der Waals surface area contributed by atoms with Crippen LogP contribution in [-0.4, -0.2) is 12.8 Å². The first-order chi connectivity index (χ1) is 7.72. The van der Waals surface area contributed by atoms with Crippen LogP contribution in [0.25, 0.3) is 0 Å². The van der Waals surface area contributed by atoms with Crippen LogP contribution in [-0.2, 0) is 16.8 Å². The van der Waals surface area contributed by atoms with Gasteiger partial charge in [-0.05, 0) is 37.5 Å². The van der Waals surface area contributed by atoms with Gasteiger partial charge in [0.05, 0.1) is 6.61 Å². The highest BCUT2D eigenvalue weighted by Crippen LogP contribution is 2.51. The molecule has 0 aromatic heterocycles. The summed E-state index contributed by atoms with van der Waals surface area (Å²) in [5.74, 6) is 0.954. The number of fused-ring (bicyclic) bond motifs is 1. The second kappa shape index (κ2) is 3.47. The Morgan fingerprint density at radius 2 is 2.19 bits per heavy atom. The largest absolute Gasteiger partial charge is 0.467 e. The van der Waals surface area contributed by atoms with Crippen molar-refractivity contribution in [3.63, 3.8) is 0 Å². The zero-order valence-electron chi connectivity index (χ0n) is 9.53. The Kier molecular flexibility index (Phi) is 2.19. The van der Waals surface area contributed by atoms with Crippen molar-refractivity contribution in [1.82, 2.24) is 0 Å². The molecule has 1 aliphatic heterocycles. The maximum absolute atomic E-state index is 6.08. The van der Waals surface area contributed by atoms with Crippen molar-refractivity contribution in [3.8, 4) is 5.75 Å². The Labute approximate surface area is 95.5 Å². The maximum atomic E-state index is 6.08. The minimum Gasteiger partial charge on any atom is -0.467 e. The van der Waals surface area contributed by atoms with E-state index < -0.39 is 0 Å². The number of ether oxygens (including phenoxy) is 2. The second-order valence-corrected chi connectivity index (χ2v) is 4.88. The van der Waals surface area contributed by atoms with Crippen LogP contribution < -0.4 is 10.5 Å². The summed E-state index contributed by atoms with van der Waals surface area (Å²) in [5, 5.41) is 0. The van der Waals surface area contributed by atoms with Gasteiger partial charge in [0, 0.05) is 17.0 Å². The van der Waals surface area contributed by atoms with Gasteiger partial charge in [0.15, 0.2) is 6.79 Å². The summed E-state index contributed by atoms with van der Waals surface area (Å²) < 4.78 is 10.7. The predicted octanol–water partition coefficient (Wildman–Crippen LogP) is 1.93. The molecule has 0 saturated heterocycles. The summed E-state index contributed by atoms with van der Waals surface area (Å²) in [6, 6.07) is 6.62. The van der Waals surface area contributed by atoms with Crippen molar-refractivity contribution in [2.24, 2.45) is 5.73 Å². The number of rotatable bonds is 2. The van der Waals surface area contributed by atoms with Gasteiger partial charge in [-0.15, -0.1) is 0 Å². The van der Waals surface area contributed by atoms with E-state index in [9.17, 15) is 0 Å². The van der Waals surface area contributed by atoms with Gasteiger partial charge >= 0.3 is 0 Å². The van der Waals surface area contributed by atoms with Gasteiger partial charge in [-0.25, -0.2) is 0 Å². The van der Waals surface area contributed by atoms with Crippen LogP contribution in [0.15, 0.2) is 18.2 Å². The van der Waals surface area contributed by atoms with E-state index in [-0.39, 0.29) is 11.5 Å². The third-order valence-electron chi connectivity index (χ3n) is 3.85. The predicted molar refractivity (Wildman–Crippen MR) is 61.3 cm³/mol. The van der Waals surface area contributed by atoms with Crippen molar-refractivity contribution in [2.75, 3.05) is 6.79 Å². The van der Waals surface area contributed by atoms with Gasteiger partial charge < -0.3 is 15.2 Å². The van der Waals surface area contributed by atoms with Crippen LogP contribution in [0.3, 0.4) is 0 Å². The molecule has 16 heavy (non-hydrogen) atoms. The van der Waals surface area contributed by atoms with E-state index in [1.54, 1.807) is 0 Å². The first kappa shape index (κ1) is 10.1. The van der Waals surface area contributed by atoms with Crippen LogP contribution >= 0.6 is 0 Å². The minimum absolute atomic E-state index is 0.215. The van der Waals surface area contributed by atoms with Crippen LogP contribution in [0.4, 0.5) is 0 Å². The molecule has 3 rings (SSSR count). The Bertz CT molecular complexity index is 410. The summed E-state index contributed by atoms with van der Waals surface area (Å²) in [7, 11) is 0. The zero-order chi connectivity index (χ0) is 11.2. The van der Waals surface area contributed by atoms with Crippen molar-refractivity contribution in [3.05, 3.63) is 29.3 Å². The van der Waals surface area contributed by atoms with Crippen LogP contribution in [0, 0.1) is 0 Å². The molecule has 0 amide bonds. The Hall–Kier alpha value is -1.06. The fourth-order valence-corrected chi connectivity index (χ4v) is 2.54. The highest BCUT2D eigenvalue weighted by Gasteiger charge is 2.47. The molecule has 0 radical (unpaired) electrons. The quantitative estimate of drug-likeness (QED) is 0.826. The van der Waals surface area contributed by atoms with Crippen molar-refractivity contribution < 1.29 is 9.47 Å². The minimum atomic E-state index is 0.215. The SMILES string of the molecule is CC(N)C1(c2ccc3c(c2)COCO3)CC1. The van der Waals surface area contributed by atoms with Gasteiger partial charge in [0.25, 0.3) is 0 Å². The van der Waals surface area contributed by atoms with E-state index >= 15 is 0 Å². The van der Waals surface area contributed by atoms with Gasteiger partial charge in [0.2, 0.25) is 0 Å². The highest BCUT2D eigenvalue weighted by molar-refractivity contribution is 5.43. The van der Waals surface area contributed by atoms with E-state index in [0.29, 0.717) is 13.4 Å². The zero-order valence-corrected chi connectivity index (χ0v) is 9.53. The molecular formula is C13H17NO2. The number of hydrogen-bond donors (Lipinski definition) is 1. The first-order valence-corrected chi connectivity index (χ1v) is 5.82. The molecule has 0 bridgehead atoms. The third-order valence-corrected chi connectivity index (χ3v) is 3.85. The second-order valence-electron chi connectivity index (χ2n) is 4.88. The maximum Gasteiger partial charge on any atom is 0.189 e. The van der Waals surface area contributed by atoms with E-state index in [0.717, 1.165) is 11.3 Å². The fraction of sp³-hybridized carbons (Fsp3) is 0.538. The van der Waals surface area contributed by atoms with E-state index in [4.69, 9.17) is 15.2 Å². The highest BCUT2D eigenvalue weighted by atomic mass is 16.7. The monoisotopic (exact) mass is 219 g/mol. The smallest absolute Gasteiger partial charge is 0.189 e. The van der Waals surface area contributed by atoms with Gasteiger partial charge in [-0.2, -0.15) is 0 Å². The molecule has 2 aliphatic rings. The third kappa shape index (κ3) is 1.43. The molecule has 1 aromatic carbocycles. The molecule has 1 heterocycles. The Morgan fingerprint density at radius 1 is 1.38 bits per heavy atom. The summed E-state index contributed by atoms with van der Waals surface area (Å²) in [6.07, 6.45) is 2.40. The molecule has 1 fully saturated rings. The fourth-order valence-electron chi connectivity index (χ4n) is 2.54. The molecule has 2 N–H and O–H groups in total. The van der Waals surface area contributed by atoms with E-state index in [1.807, 2.05) is 0 Å². The Balaban J connectivity index is 1.97. The average Bonchev–Trinajstić information content (AvgIpc) is 3.09. The van der Waals surface area contributed by atoms with Crippen molar-refractivity contribution >= 4 is 0 Å². The summed E-state index contributed by atoms with van der Waals surface area (Å²) >= 11 is 0. The molecule has 1 unspecified atom stereocenters. The topological polar surface area (TPSA) is 44.5 Å². The number of benzene rings is 1. The van der Waals surface area contributed by atoms with E-state index in [1.165, 1.54) is 18.4 Å². The van der Waals surface area contributed by atoms with Crippen molar-refractivity contribution in [2.45, 2.75) is 37.8 Å². The number of hydrogen-bond acceptors (Lipinski definition) is 3. The molecular weight excluding hydrogens is 202 g/mol. The molecule has 1 saturated carbocycles. The normalized spacial score (nSPS) is 23.1. The molecule has 0 spiro atoms. The Morgan fingerprint density at radius 3 is 2.88 bits per heavy atom. The molecule has 3 heteroatoms. The molecule has 1 aliphatic carbocycles. The van der Waals surface area contributed by atoms with Gasteiger partial charge in [-0.3, -0.25) is 0 Å².